The first-order chi connectivity index (χ1) is 12.1. The van der Waals surface area contributed by atoms with Crippen LogP contribution in [0, 0.1) is 5.92 Å². The predicted octanol–water partition coefficient (Wildman–Crippen LogP) is 1.89. The molecule has 1 aromatic rings. The number of anilines is 1. The zero-order chi connectivity index (χ0) is 17.8. The lowest BCUT2D eigenvalue weighted by Crippen LogP contribution is -2.40. The van der Waals surface area contributed by atoms with Gasteiger partial charge in [0.05, 0.1) is 0 Å². The quantitative estimate of drug-likeness (QED) is 0.852. The van der Waals surface area contributed by atoms with E-state index in [2.05, 4.69) is 21.8 Å². The summed E-state index contributed by atoms with van der Waals surface area (Å²) in [6.07, 6.45) is 8.70. The van der Waals surface area contributed by atoms with Gasteiger partial charge in [-0.05, 0) is 63.1 Å². The van der Waals surface area contributed by atoms with Crippen molar-refractivity contribution >= 4 is 11.9 Å². The maximum absolute atomic E-state index is 11.4. The topological polar surface area (TPSA) is 75.3 Å². The molecule has 0 spiro atoms. The Morgan fingerprint density at radius 1 is 1.44 bits per heavy atom. The zero-order valence-corrected chi connectivity index (χ0v) is 15.6. The number of hydrogen-bond acceptors (Lipinski definition) is 5. The summed E-state index contributed by atoms with van der Waals surface area (Å²) in [6, 6.07) is 0.585. The Kier molecular flexibility index (Phi) is 5.89. The van der Waals surface area contributed by atoms with Crippen molar-refractivity contribution in [3.8, 4) is 0 Å². The van der Waals surface area contributed by atoms with Crippen LogP contribution in [0.15, 0.2) is 6.20 Å². The predicted molar refractivity (Wildman–Crippen MR) is 99.1 cm³/mol. The molecule has 0 radical (unpaired) electrons. The molecule has 0 saturated carbocycles. The van der Waals surface area contributed by atoms with Crippen LogP contribution >= 0.6 is 0 Å². The number of amides is 1. The molecule has 1 aromatic heterocycles. The number of aromatic nitrogens is 2. The monoisotopic (exact) mass is 345 g/mol. The van der Waals surface area contributed by atoms with Crippen molar-refractivity contribution in [1.82, 2.24) is 19.8 Å². The normalized spacial score (nSPS) is 23.1. The average Bonchev–Trinajstić information content (AvgIpc) is 3.07. The molecule has 0 aromatic carbocycles. The molecule has 2 N–H and O–H groups in total. The SMILES string of the molecule is CCN(CCCC1CCN(C(C)=O)C1)C1CCc2nc(N)ncc2C1. The number of likely N-dealkylation sites (tertiary alicyclic amines) is 1. The second-order valence-corrected chi connectivity index (χ2v) is 7.49. The minimum absolute atomic E-state index is 0.224. The lowest BCUT2D eigenvalue weighted by Gasteiger charge is -2.34. The molecule has 1 saturated heterocycles. The van der Waals surface area contributed by atoms with Gasteiger partial charge in [0.25, 0.3) is 0 Å². The smallest absolute Gasteiger partial charge is 0.220 e. The van der Waals surface area contributed by atoms with Crippen LogP contribution in [0.3, 0.4) is 0 Å². The molecule has 1 fully saturated rings. The summed E-state index contributed by atoms with van der Waals surface area (Å²) >= 11 is 0. The highest BCUT2D eigenvalue weighted by molar-refractivity contribution is 5.73. The largest absolute Gasteiger partial charge is 0.368 e. The summed E-state index contributed by atoms with van der Waals surface area (Å²) in [5, 5.41) is 0. The van der Waals surface area contributed by atoms with Crippen LogP contribution in [0.25, 0.3) is 0 Å². The number of aryl methyl sites for hydroxylation is 1. The second kappa shape index (κ2) is 8.13. The van der Waals surface area contributed by atoms with E-state index < -0.39 is 0 Å². The summed E-state index contributed by atoms with van der Waals surface area (Å²) in [6.45, 7) is 8.06. The van der Waals surface area contributed by atoms with Gasteiger partial charge >= 0.3 is 0 Å². The molecule has 3 rings (SSSR count). The fraction of sp³-hybridized carbons (Fsp3) is 0.737. The van der Waals surface area contributed by atoms with Gasteiger partial charge in [-0.2, -0.15) is 0 Å². The molecule has 0 bridgehead atoms. The van der Waals surface area contributed by atoms with Crippen molar-refractivity contribution < 1.29 is 4.79 Å². The van der Waals surface area contributed by atoms with Crippen molar-refractivity contribution in [2.45, 2.75) is 58.4 Å². The van der Waals surface area contributed by atoms with Crippen molar-refractivity contribution in [1.29, 1.82) is 0 Å². The number of hydrogen-bond donors (Lipinski definition) is 1. The number of nitrogens with two attached hydrogens (primary N) is 1. The number of rotatable bonds is 6. The molecule has 1 amide bonds. The minimum atomic E-state index is 0.224. The molecule has 2 aliphatic rings. The molecule has 6 nitrogen and oxygen atoms in total. The zero-order valence-electron chi connectivity index (χ0n) is 15.6. The third-order valence-electron chi connectivity index (χ3n) is 5.85. The maximum Gasteiger partial charge on any atom is 0.220 e. The van der Waals surface area contributed by atoms with E-state index in [0.29, 0.717) is 17.9 Å². The number of nitrogens with zero attached hydrogens (tertiary/aromatic N) is 4. The van der Waals surface area contributed by atoms with Crippen LogP contribution < -0.4 is 5.73 Å². The molecular weight excluding hydrogens is 314 g/mol. The summed E-state index contributed by atoms with van der Waals surface area (Å²) in [5.41, 5.74) is 8.09. The minimum Gasteiger partial charge on any atom is -0.368 e. The van der Waals surface area contributed by atoms with Crippen LogP contribution in [0.2, 0.25) is 0 Å². The number of carbonyl (C=O) groups is 1. The third kappa shape index (κ3) is 4.48. The van der Waals surface area contributed by atoms with Gasteiger partial charge in [-0.25, -0.2) is 9.97 Å². The second-order valence-electron chi connectivity index (χ2n) is 7.49. The number of fused-ring (bicyclic) bond motifs is 1. The molecule has 2 unspecified atom stereocenters. The molecule has 6 heteroatoms. The molecule has 25 heavy (non-hydrogen) atoms. The van der Waals surface area contributed by atoms with Gasteiger partial charge in [-0.15, -0.1) is 0 Å². The van der Waals surface area contributed by atoms with Gasteiger partial charge in [0.1, 0.15) is 0 Å². The highest BCUT2D eigenvalue weighted by Crippen LogP contribution is 2.25. The summed E-state index contributed by atoms with van der Waals surface area (Å²) in [7, 11) is 0. The molecule has 1 aliphatic carbocycles. The van der Waals surface area contributed by atoms with Crippen molar-refractivity contribution in [3.05, 3.63) is 17.5 Å². The number of carbonyl (C=O) groups excluding carboxylic acids is 1. The van der Waals surface area contributed by atoms with Crippen molar-refractivity contribution in [2.24, 2.45) is 5.92 Å². The van der Waals surface area contributed by atoms with Gasteiger partial charge in [-0.3, -0.25) is 4.79 Å². The van der Waals surface area contributed by atoms with Crippen molar-refractivity contribution in [3.63, 3.8) is 0 Å². The first-order valence-corrected chi connectivity index (χ1v) is 9.66. The van der Waals surface area contributed by atoms with Crippen LogP contribution in [0.5, 0.6) is 0 Å². The summed E-state index contributed by atoms with van der Waals surface area (Å²) < 4.78 is 0. The maximum atomic E-state index is 11.4. The Balaban J connectivity index is 1.47. The van der Waals surface area contributed by atoms with E-state index in [-0.39, 0.29) is 5.91 Å². The summed E-state index contributed by atoms with van der Waals surface area (Å²) in [5.74, 6) is 1.30. The molecule has 138 valence electrons. The Labute approximate surface area is 150 Å². The van der Waals surface area contributed by atoms with E-state index in [1.54, 1.807) is 6.92 Å². The lowest BCUT2D eigenvalue weighted by atomic mass is 9.91. The highest BCUT2D eigenvalue weighted by atomic mass is 16.2. The highest BCUT2D eigenvalue weighted by Gasteiger charge is 2.26. The first-order valence-electron chi connectivity index (χ1n) is 9.66. The fourth-order valence-electron chi connectivity index (χ4n) is 4.35. The van der Waals surface area contributed by atoms with E-state index in [1.807, 2.05) is 11.1 Å². The van der Waals surface area contributed by atoms with Crippen LogP contribution in [-0.2, 0) is 17.6 Å². The summed E-state index contributed by atoms with van der Waals surface area (Å²) in [4.78, 5) is 24.6. The van der Waals surface area contributed by atoms with Gasteiger partial charge in [0, 0.05) is 37.9 Å². The fourth-order valence-corrected chi connectivity index (χ4v) is 4.35. The van der Waals surface area contributed by atoms with Crippen LogP contribution in [0.4, 0.5) is 5.95 Å². The Morgan fingerprint density at radius 2 is 2.28 bits per heavy atom. The van der Waals surface area contributed by atoms with Gasteiger partial charge in [0.2, 0.25) is 11.9 Å². The van der Waals surface area contributed by atoms with Crippen LogP contribution in [-0.4, -0.2) is 57.9 Å². The van der Waals surface area contributed by atoms with E-state index in [4.69, 9.17) is 5.73 Å². The van der Waals surface area contributed by atoms with Gasteiger partial charge in [-0.1, -0.05) is 6.92 Å². The molecule has 1 aliphatic heterocycles. The van der Waals surface area contributed by atoms with E-state index in [1.165, 1.54) is 24.8 Å². The Morgan fingerprint density at radius 3 is 3.00 bits per heavy atom. The van der Waals surface area contributed by atoms with E-state index in [9.17, 15) is 4.79 Å². The first kappa shape index (κ1) is 18.1. The third-order valence-corrected chi connectivity index (χ3v) is 5.85. The van der Waals surface area contributed by atoms with Crippen molar-refractivity contribution in [2.75, 3.05) is 31.9 Å². The van der Waals surface area contributed by atoms with Gasteiger partial charge in [0.15, 0.2) is 0 Å². The molecule has 2 heterocycles. The standard InChI is InChI=1S/C19H31N5O/c1-3-23(9-4-5-15-8-10-24(13-15)14(2)25)17-6-7-18-16(11-17)12-21-19(20)22-18/h12,15,17H,3-11,13H2,1-2H3,(H2,20,21,22). The molecular formula is C19H31N5O. The Bertz CT molecular complexity index is 605. The van der Waals surface area contributed by atoms with E-state index in [0.717, 1.165) is 51.1 Å². The number of nitrogen functional groups attached to an aromatic ring is 1. The Hall–Kier alpha value is -1.69. The lowest BCUT2D eigenvalue weighted by molar-refractivity contribution is -0.127. The number of likely N-dealkylation sites (N-methyl/N-ethyl adjacent to an activating group) is 1. The van der Waals surface area contributed by atoms with E-state index >= 15 is 0 Å². The van der Waals surface area contributed by atoms with Crippen LogP contribution in [0.1, 0.15) is 50.8 Å². The average molecular weight is 345 g/mol. The molecule has 2 atom stereocenters. The van der Waals surface area contributed by atoms with Gasteiger partial charge < -0.3 is 15.5 Å².